The van der Waals surface area contributed by atoms with E-state index in [1.165, 1.54) is 5.56 Å². The summed E-state index contributed by atoms with van der Waals surface area (Å²) in [4.78, 5) is 15.7. The van der Waals surface area contributed by atoms with Gasteiger partial charge in [-0.3, -0.25) is 4.79 Å². The van der Waals surface area contributed by atoms with Crippen molar-refractivity contribution in [3.63, 3.8) is 0 Å². The number of rotatable bonds is 6. The number of aryl methyl sites for hydroxylation is 2. The summed E-state index contributed by atoms with van der Waals surface area (Å²) in [6.07, 6.45) is 0.738. The Hall–Kier alpha value is -3.47. The summed E-state index contributed by atoms with van der Waals surface area (Å²) in [7, 11) is 3.28. The van der Waals surface area contributed by atoms with Crippen LogP contribution >= 0.6 is 0 Å². The Kier molecular flexibility index (Phi) is 7.30. The van der Waals surface area contributed by atoms with Crippen molar-refractivity contribution >= 4 is 5.91 Å². The molecule has 1 amide bonds. The van der Waals surface area contributed by atoms with Crippen LogP contribution in [0.15, 0.2) is 54.6 Å². The molecule has 0 N–H and O–H groups in total. The van der Waals surface area contributed by atoms with E-state index in [0.29, 0.717) is 30.2 Å². The summed E-state index contributed by atoms with van der Waals surface area (Å²) in [5.74, 6) is 2.16. The molecule has 5 nitrogen and oxygen atoms in total. The van der Waals surface area contributed by atoms with E-state index in [4.69, 9.17) is 14.2 Å². The van der Waals surface area contributed by atoms with Gasteiger partial charge in [0.2, 0.25) is 0 Å². The zero-order valence-electron chi connectivity index (χ0n) is 22.5. The number of fused-ring (bicyclic) bond motifs is 1. The Labute approximate surface area is 215 Å². The lowest BCUT2D eigenvalue weighted by atomic mass is 9.86. The number of carbonyl (C=O) groups excluding carboxylic acids is 1. The summed E-state index contributed by atoms with van der Waals surface area (Å²) in [5, 5.41) is 0. The van der Waals surface area contributed by atoms with E-state index in [9.17, 15) is 4.79 Å². The van der Waals surface area contributed by atoms with Gasteiger partial charge in [-0.05, 0) is 89.9 Å². The van der Waals surface area contributed by atoms with Crippen LogP contribution in [0.2, 0.25) is 0 Å². The van der Waals surface area contributed by atoms with Gasteiger partial charge < -0.3 is 19.1 Å². The van der Waals surface area contributed by atoms with E-state index in [0.717, 1.165) is 34.4 Å². The Morgan fingerprint density at radius 1 is 0.917 bits per heavy atom. The SMILES string of the molecule is COc1cc2c(cc1OC)C(COc1cc(C)cc(C)c1)N(C(=O)c1ccc(C(C)(C)C)cc1)CC2. The highest BCUT2D eigenvalue weighted by molar-refractivity contribution is 5.94. The zero-order valence-corrected chi connectivity index (χ0v) is 22.5. The van der Waals surface area contributed by atoms with Crippen LogP contribution in [0, 0.1) is 13.8 Å². The molecule has 3 aromatic rings. The van der Waals surface area contributed by atoms with Crippen molar-refractivity contribution in [2.45, 2.75) is 52.5 Å². The lowest BCUT2D eigenvalue weighted by molar-refractivity contribution is 0.0589. The predicted octanol–water partition coefficient (Wildman–Crippen LogP) is 6.44. The van der Waals surface area contributed by atoms with Crippen LogP contribution in [0.5, 0.6) is 17.2 Å². The van der Waals surface area contributed by atoms with E-state index in [1.807, 2.05) is 41.3 Å². The van der Waals surface area contributed by atoms with E-state index < -0.39 is 0 Å². The largest absolute Gasteiger partial charge is 0.493 e. The van der Waals surface area contributed by atoms with Crippen molar-refractivity contribution in [3.8, 4) is 17.2 Å². The van der Waals surface area contributed by atoms with Gasteiger partial charge in [0, 0.05) is 12.1 Å². The molecule has 4 rings (SSSR count). The van der Waals surface area contributed by atoms with Gasteiger partial charge in [-0.2, -0.15) is 0 Å². The third kappa shape index (κ3) is 5.35. The summed E-state index contributed by atoms with van der Waals surface area (Å²) in [6, 6.07) is 17.9. The van der Waals surface area contributed by atoms with Crippen LogP contribution in [-0.4, -0.2) is 38.2 Å². The second-order valence-corrected chi connectivity index (χ2v) is 10.6. The van der Waals surface area contributed by atoms with E-state index in [2.05, 4.69) is 52.8 Å². The fraction of sp³-hybridized carbons (Fsp3) is 0.387. The first-order chi connectivity index (χ1) is 17.1. The number of benzene rings is 3. The van der Waals surface area contributed by atoms with Gasteiger partial charge in [-0.1, -0.05) is 39.0 Å². The van der Waals surface area contributed by atoms with Crippen molar-refractivity contribution in [3.05, 3.63) is 88.0 Å². The maximum Gasteiger partial charge on any atom is 0.254 e. The first-order valence-corrected chi connectivity index (χ1v) is 12.5. The Morgan fingerprint density at radius 2 is 1.53 bits per heavy atom. The number of carbonyl (C=O) groups is 1. The van der Waals surface area contributed by atoms with Crippen LogP contribution in [0.1, 0.15) is 65.0 Å². The number of ether oxygens (including phenoxy) is 3. The van der Waals surface area contributed by atoms with Crippen LogP contribution < -0.4 is 14.2 Å². The molecule has 1 heterocycles. The van der Waals surface area contributed by atoms with Gasteiger partial charge in [-0.25, -0.2) is 0 Å². The van der Waals surface area contributed by atoms with E-state index in [1.54, 1.807) is 14.2 Å². The lowest BCUT2D eigenvalue weighted by Gasteiger charge is -2.38. The molecule has 1 aliphatic heterocycles. The molecule has 0 spiro atoms. The minimum atomic E-state index is -0.260. The minimum Gasteiger partial charge on any atom is -0.493 e. The molecule has 1 aliphatic rings. The summed E-state index contributed by atoms with van der Waals surface area (Å²) < 4.78 is 17.4. The van der Waals surface area contributed by atoms with Gasteiger partial charge in [0.1, 0.15) is 12.4 Å². The predicted molar refractivity (Wildman–Crippen MR) is 144 cm³/mol. The molecule has 0 radical (unpaired) electrons. The Balaban J connectivity index is 1.70. The summed E-state index contributed by atoms with van der Waals surface area (Å²) in [6.45, 7) is 11.6. The zero-order chi connectivity index (χ0) is 26.0. The molecule has 190 valence electrons. The molecule has 1 unspecified atom stereocenters. The van der Waals surface area contributed by atoms with Gasteiger partial charge in [0.15, 0.2) is 11.5 Å². The first-order valence-electron chi connectivity index (χ1n) is 12.5. The molecule has 0 saturated heterocycles. The number of amides is 1. The molecule has 36 heavy (non-hydrogen) atoms. The van der Waals surface area contributed by atoms with Crippen molar-refractivity contribution in [2.24, 2.45) is 0 Å². The van der Waals surface area contributed by atoms with Crippen molar-refractivity contribution in [1.29, 1.82) is 0 Å². The minimum absolute atomic E-state index is 0.00455. The highest BCUT2D eigenvalue weighted by Gasteiger charge is 2.33. The molecule has 3 aromatic carbocycles. The molecule has 0 saturated carbocycles. The Bertz CT molecular complexity index is 1220. The topological polar surface area (TPSA) is 48.0 Å². The standard InChI is InChI=1S/C31H37NO4/c1-20-14-21(2)16-25(15-20)36-19-27-26-18-29(35-7)28(34-6)17-23(26)12-13-32(27)30(33)22-8-10-24(11-9-22)31(3,4)5/h8-11,14-18,27H,12-13,19H2,1-7H3. The molecule has 0 fully saturated rings. The van der Waals surface area contributed by atoms with Crippen LogP contribution in [-0.2, 0) is 11.8 Å². The second-order valence-electron chi connectivity index (χ2n) is 10.6. The average molecular weight is 488 g/mol. The van der Waals surface area contributed by atoms with E-state index in [-0.39, 0.29) is 17.4 Å². The van der Waals surface area contributed by atoms with Gasteiger partial charge in [0.05, 0.1) is 20.3 Å². The van der Waals surface area contributed by atoms with Gasteiger partial charge >= 0.3 is 0 Å². The van der Waals surface area contributed by atoms with Crippen LogP contribution in [0.4, 0.5) is 0 Å². The first kappa shape index (κ1) is 25.6. The lowest BCUT2D eigenvalue weighted by Crippen LogP contribution is -2.42. The molecule has 5 heteroatoms. The summed E-state index contributed by atoms with van der Waals surface area (Å²) >= 11 is 0. The van der Waals surface area contributed by atoms with E-state index >= 15 is 0 Å². The van der Waals surface area contributed by atoms with Crippen LogP contribution in [0.25, 0.3) is 0 Å². The molecule has 0 aliphatic carbocycles. The number of hydrogen-bond acceptors (Lipinski definition) is 4. The fourth-order valence-electron chi connectivity index (χ4n) is 4.92. The summed E-state index contributed by atoms with van der Waals surface area (Å²) in [5.41, 5.74) is 6.39. The number of nitrogens with zero attached hydrogens (tertiary/aromatic N) is 1. The normalized spacial score (nSPS) is 15.3. The maximum absolute atomic E-state index is 13.8. The van der Waals surface area contributed by atoms with Crippen molar-refractivity contribution < 1.29 is 19.0 Å². The maximum atomic E-state index is 13.8. The second kappa shape index (κ2) is 10.3. The average Bonchev–Trinajstić information content (AvgIpc) is 2.84. The van der Waals surface area contributed by atoms with Crippen molar-refractivity contribution in [2.75, 3.05) is 27.4 Å². The smallest absolute Gasteiger partial charge is 0.254 e. The Morgan fingerprint density at radius 3 is 2.11 bits per heavy atom. The quantitative estimate of drug-likeness (QED) is 0.402. The monoisotopic (exact) mass is 487 g/mol. The molecular formula is C31H37NO4. The molecule has 0 bridgehead atoms. The number of hydrogen-bond donors (Lipinski definition) is 0. The molecular weight excluding hydrogens is 450 g/mol. The third-order valence-corrected chi connectivity index (χ3v) is 6.86. The van der Waals surface area contributed by atoms with Crippen molar-refractivity contribution in [1.82, 2.24) is 4.90 Å². The number of methoxy groups -OCH3 is 2. The van der Waals surface area contributed by atoms with Crippen LogP contribution in [0.3, 0.4) is 0 Å². The highest BCUT2D eigenvalue weighted by Crippen LogP contribution is 2.39. The molecule has 0 aromatic heterocycles. The highest BCUT2D eigenvalue weighted by atomic mass is 16.5. The molecule has 1 atom stereocenters. The third-order valence-electron chi connectivity index (χ3n) is 6.86. The fourth-order valence-corrected chi connectivity index (χ4v) is 4.92. The van der Waals surface area contributed by atoms with Gasteiger partial charge in [-0.15, -0.1) is 0 Å². The van der Waals surface area contributed by atoms with Gasteiger partial charge in [0.25, 0.3) is 5.91 Å².